The van der Waals surface area contributed by atoms with E-state index in [-0.39, 0.29) is 11.8 Å². The highest BCUT2D eigenvalue weighted by molar-refractivity contribution is 6.04. The molecule has 4 aromatic carbocycles. The number of nitrogens with one attached hydrogen (secondary N) is 2. The molecule has 0 bridgehead atoms. The average molecular weight is 549 g/mol. The Hall–Kier alpha value is -5.88. The highest BCUT2D eigenvalue weighted by Crippen LogP contribution is 2.18. The molecule has 2 aromatic heterocycles. The molecule has 0 saturated heterocycles. The number of nitrogens with zero attached hydrogens (tertiary/aromatic N) is 2. The lowest BCUT2D eigenvalue weighted by atomic mass is 10.1. The number of benzene rings is 4. The molecule has 0 unspecified atom stereocenters. The molecule has 0 aliphatic carbocycles. The average Bonchev–Trinajstić information content (AvgIpc) is 3.06. The molecule has 0 radical (unpaired) electrons. The second-order valence-corrected chi connectivity index (χ2v) is 9.73. The third kappa shape index (κ3) is 6.13. The van der Waals surface area contributed by atoms with Crippen molar-refractivity contribution in [3.8, 4) is 22.5 Å². The number of pyridine rings is 2. The van der Waals surface area contributed by atoms with Crippen molar-refractivity contribution in [1.29, 1.82) is 0 Å². The summed E-state index contributed by atoms with van der Waals surface area (Å²) in [6, 6.07) is 42.1. The molecule has 2 N–H and O–H groups in total. The highest BCUT2D eigenvalue weighted by atomic mass is 16.2. The molecule has 2 heterocycles. The van der Waals surface area contributed by atoms with Crippen LogP contribution in [0.3, 0.4) is 0 Å². The monoisotopic (exact) mass is 548 g/mol. The summed E-state index contributed by atoms with van der Waals surface area (Å²) in [5.74, 6) is -0.281. The van der Waals surface area contributed by atoms with Crippen LogP contribution in [0.25, 0.3) is 22.5 Å². The quantitative estimate of drug-likeness (QED) is 0.226. The van der Waals surface area contributed by atoms with Gasteiger partial charge in [-0.05, 0) is 53.6 Å². The van der Waals surface area contributed by atoms with E-state index in [1.165, 1.54) is 0 Å². The Morgan fingerprint density at radius 1 is 0.429 bits per heavy atom. The smallest absolute Gasteiger partial charge is 0.255 e. The molecule has 0 atom stereocenters. The molecular weight excluding hydrogens is 520 g/mol. The fraction of sp³-hybridized carbons (Fsp3) is 0. The van der Waals surface area contributed by atoms with Crippen LogP contribution in [0.4, 0.5) is 11.4 Å². The molecule has 6 rings (SSSR count). The molecule has 42 heavy (non-hydrogen) atoms. The molecule has 0 saturated carbocycles. The zero-order chi connectivity index (χ0) is 28.7. The summed E-state index contributed by atoms with van der Waals surface area (Å²) in [4.78, 5) is 25.1. The Morgan fingerprint density at radius 3 is 1.50 bits per heavy atom. The predicted molar refractivity (Wildman–Crippen MR) is 164 cm³/mol. The molecule has 0 aliphatic rings. The first-order valence-electron chi connectivity index (χ1n) is 13.6. The number of para-hydroxylation sites is 1. The van der Waals surface area contributed by atoms with Crippen molar-refractivity contribution < 1.29 is 18.7 Å². The summed E-state index contributed by atoms with van der Waals surface area (Å²) in [5, 5.41) is 5.88. The van der Waals surface area contributed by atoms with E-state index in [9.17, 15) is 9.59 Å². The maximum absolute atomic E-state index is 12.6. The normalized spacial score (nSPS) is 10.6. The third-order valence-corrected chi connectivity index (χ3v) is 6.89. The first kappa shape index (κ1) is 26.3. The fourth-order valence-electron chi connectivity index (χ4n) is 4.63. The third-order valence-electron chi connectivity index (χ3n) is 6.89. The van der Waals surface area contributed by atoms with Crippen LogP contribution < -0.4 is 19.8 Å². The number of carbonyl (C=O) groups excluding carboxylic acids is 2. The van der Waals surface area contributed by atoms with Crippen LogP contribution >= 0.6 is 0 Å². The van der Waals surface area contributed by atoms with Crippen LogP contribution in [-0.2, 0) is 0 Å². The van der Waals surface area contributed by atoms with Gasteiger partial charge in [-0.15, -0.1) is 0 Å². The van der Waals surface area contributed by atoms with Crippen molar-refractivity contribution in [3.05, 3.63) is 169 Å². The molecular formula is C36H28N4O2+2. The second-order valence-electron chi connectivity index (χ2n) is 9.73. The summed E-state index contributed by atoms with van der Waals surface area (Å²) in [7, 11) is 0. The number of anilines is 2. The van der Waals surface area contributed by atoms with Crippen LogP contribution in [0.5, 0.6) is 0 Å². The molecule has 6 nitrogen and oxygen atoms in total. The molecule has 6 heteroatoms. The van der Waals surface area contributed by atoms with E-state index < -0.39 is 0 Å². The molecule has 0 aliphatic heterocycles. The number of amides is 2. The van der Waals surface area contributed by atoms with Gasteiger partial charge < -0.3 is 10.6 Å². The lowest BCUT2D eigenvalue weighted by Crippen LogP contribution is -2.30. The van der Waals surface area contributed by atoms with Gasteiger partial charge in [0.15, 0.2) is 24.8 Å². The van der Waals surface area contributed by atoms with Crippen molar-refractivity contribution in [3.63, 3.8) is 0 Å². The standard InChI is InChI=1S/C36H26N4O2/c41-35(29-8-3-1-4-9-29)38-32-12-7-13-34(26-32)40-24-20-28(21-25-40)27-18-22-39(23-19-27)33-16-14-30(15-17-33)36(42)37-31-10-5-2-6-11-31/h1-26H/p+2. The van der Waals surface area contributed by atoms with E-state index in [2.05, 4.69) is 34.9 Å². The topological polar surface area (TPSA) is 66.0 Å². The van der Waals surface area contributed by atoms with Gasteiger partial charge >= 0.3 is 0 Å². The second kappa shape index (κ2) is 12.1. The van der Waals surface area contributed by atoms with Crippen molar-refractivity contribution in [2.75, 3.05) is 10.6 Å². The van der Waals surface area contributed by atoms with Gasteiger partial charge in [-0.2, -0.15) is 9.13 Å². The van der Waals surface area contributed by atoms with E-state index in [0.717, 1.165) is 33.9 Å². The Balaban J connectivity index is 1.11. The minimum atomic E-state index is -0.141. The number of rotatable bonds is 7. The van der Waals surface area contributed by atoms with E-state index in [0.29, 0.717) is 11.1 Å². The number of carbonyl (C=O) groups is 2. The van der Waals surface area contributed by atoms with Crippen LogP contribution in [0.1, 0.15) is 20.7 Å². The summed E-state index contributed by atoms with van der Waals surface area (Å²) in [6.45, 7) is 0. The van der Waals surface area contributed by atoms with Gasteiger partial charge in [-0.1, -0.05) is 42.5 Å². The van der Waals surface area contributed by atoms with Crippen LogP contribution in [0.2, 0.25) is 0 Å². The summed E-state index contributed by atoms with van der Waals surface area (Å²) < 4.78 is 4.03. The minimum absolute atomic E-state index is 0.140. The van der Waals surface area contributed by atoms with Crippen molar-refractivity contribution >= 4 is 23.2 Å². The summed E-state index contributed by atoms with van der Waals surface area (Å²) in [6.07, 6.45) is 8.03. The lowest BCUT2D eigenvalue weighted by molar-refractivity contribution is -0.596. The molecule has 202 valence electrons. The van der Waals surface area contributed by atoms with E-state index >= 15 is 0 Å². The van der Waals surface area contributed by atoms with E-state index in [1.54, 1.807) is 12.1 Å². The minimum Gasteiger partial charge on any atom is -0.322 e. The van der Waals surface area contributed by atoms with Crippen molar-refractivity contribution in [1.82, 2.24) is 0 Å². The van der Waals surface area contributed by atoms with Gasteiger partial charge in [-0.25, -0.2) is 0 Å². The zero-order valence-electron chi connectivity index (χ0n) is 22.7. The maximum atomic E-state index is 12.6. The Kier molecular flexibility index (Phi) is 7.59. The summed E-state index contributed by atoms with van der Waals surface area (Å²) >= 11 is 0. The van der Waals surface area contributed by atoms with Gasteiger partial charge in [0.25, 0.3) is 11.8 Å². The van der Waals surface area contributed by atoms with E-state index in [1.807, 2.05) is 131 Å². The first-order valence-corrected chi connectivity index (χ1v) is 13.6. The molecule has 0 spiro atoms. The Morgan fingerprint density at radius 2 is 0.905 bits per heavy atom. The largest absolute Gasteiger partial charge is 0.322 e. The van der Waals surface area contributed by atoms with Gasteiger partial charge in [0, 0.05) is 71.0 Å². The van der Waals surface area contributed by atoms with Crippen LogP contribution in [0.15, 0.2) is 158 Å². The Labute approximate surface area is 244 Å². The van der Waals surface area contributed by atoms with E-state index in [4.69, 9.17) is 0 Å². The van der Waals surface area contributed by atoms with Gasteiger partial charge in [0.05, 0.1) is 0 Å². The zero-order valence-corrected chi connectivity index (χ0v) is 22.7. The van der Waals surface area contributed by atoms with Crippen LogP contribution in [-0.4, -0.2) is 11.8 Å². The van der Waals surface area contributed by atoms with Crippen molar-refractivity contribution in [2.24, 2.45) is 0 Å². The SMILES string of the molecule is O=C(Nc1ccccc1)c1ccc(-[n+]2ccc(-c3cc[n+](-c4cccc(NC(=O)c5ccccc5)c4)cc3)cc2)cc1. The maximum Gasteiger partial charge on any atom is 0.255 e. The van der Waals surface area contributed by atoms with Crippen LogP contribution in [0, 0.1) is 0 Å². The first-order chi connectivity index (χ1) is 20.6. The van der Waals surface area contributed by atoms with Gasteiger partial charge in [0.1, 0.15) is 0 Å². The van der Waals surface area contributed by atoms with Crippen molar-refractivity contribution in [2.45, 2.75) is 0 Å². The number of hydrogen-bond donors (Lipinski definition) is 2. The molecule has 6 aromatic rings. The molecule has 0 fully saturated rings. The fourth-order valence-corrected chi connectivity index (χ4v) is 4.63. The number of aromatic nitrogens is 2. The highest BCUT2D eigenvalue weighted by Gasteiger charge is 2.13. The molecule has 2 amide bonds. The number of hydrogen-bond acceptors (Lipinski definition) is 2. The van der Waals surface area contributed by atoms with Gasteiger partial charge in [-0.3, -0.25) is 9.59 Å². The lowest BCUT2D eigenvalue weighted by Gasteiger charge is -2.06. The predicted octanol–water partition coefficient (Wildman–Crippen LogP) is 6.41. The van der Waals surface area contributed by atoms with Gasteiger partial charge in [0.2, 0.25) is 11.4 Å². The Bertz CT molecular complexity index is 1820. The summed E-state index contributed by atoms with van der Waals surface area (Å²) in [5.41, 5.74) is 6.79.